The fourth-order valence-corrected chi connectivity index (χ4v) is 2.80. The van der Waals surface area contributed by atoms with Crippen molar-refractivity contribution >= 4 is 29.5 Å². The third-order valence-corrected chi connectivity index (χ3v) is 4.22. The fraction of sp³-hybridized carbons (Fsp3) is 0.118. The molecule has 6 heteroatoms. The first-order chi connectivity index (χ1) is 10.9. The van der Waals surface area contributed by atoms with Crippen LogP contribution in [0.5, 0.6) is 0 Å². The number of aliphatic carboxylic acids is 1. The molecule has 1 N–H and O–H groups in total. The predicted molar refractivity (Wildman–Crippen MR) is 89.7 cm³/mol. The Bertz CT molecular complexity index is 782. The van der Waals surface area contributed by atoms with Crippen molar-refractivity contribution in [3.05, 3.63) is 69.3 Å². The van der Waals surface area contributed by atoms with Crippen molar-refractivity contribution in [3.8, 4) is 0 Å². The van der Waals surface area contributed by atoms with Crippen LogP contribution in [0.2, 0.25) is 0 Å². The highest BCUT2D eigenvalue weighted by atomic mass is 32.2. The summed E-state index contributed by atoms with van der Waals surface area (Å²) in [6, 6.07) is 12.4. The van der Waals surface area contributed by atoms with E-state index < -0.39 is 10.9 Å². The Balaban J connectivity index is 2.37. The second kappa shape index (κ2) is 7.11. The van der Waals surface area contributed by atoms with Crippen molar-refractivity contribution < 1.29 is 14.8 Å². The molecule has 0 radical (unpaired) electrons. The average Bonchev–Trinajstić information content (AvgIpc) is 2.50. The topological polar surface area (TPSA) is 80.4 Å². The van der Waals surface area contributed by atoms with Gasteiger partial charge in [-0.05, 0) is 43.7 Å². The molecular weight excluding hydrogens is 314 g/mol. The van der Waals surface area contributed by atoms with Gasteiger partial charge in [0.15, 0.2) is 0 Å². The molecule has 0 spiro atoms. The Morgan fingerprint density at radius 3 is 2.43 bits per heavy atom. The van der Waals surface area contributed by atoms with Gasteiger partial charge in [0.25, 0.3) is 5.69 Å². The van der Waals surface area contributed by atoms with Gasteiger partial charge in [-0.15, -0.1) is 0 Å². The lowest BCUT2D eigenvalue weighted by atomic mass is 10.1. The van der Waals surface area contributed by atoms with E-state index >= 15 is 0 Å². The van der Waals surface area contributed by atoms with Gasteiger partial charge in [0.1, 0.15) is 0 Å². The van der Waals surface area contributed by atoms with Crippen molar-refractivity contribution in [1.82, 2.24) is 0 Å². The minimum absolute atomic E-state index is 0.0393. The molecule has 0 bridgehead atoms. The summed E-state index contributed by atoms with van der Waals surface area (Å²) in [6.45, 7) is 3.42. The first-order valence-corrected chi connectivity index (χ1v) is 7.63. The van der Waals surface area contributed by atoms with Crippen molar-refractivity contribution in [2.75, 3.05) is 0 Å². The first kappa shape index (κ1) is 16.8. The minimum atomic E-state index is -1.05. The zero-order valence-corrected chi connectivity index (χ0v) is 13.5. The van der Waals surface area contributed by atoms with Crippen LogP contribution in [0.25, 0.3) is 6.08 Å². The molecule has 0 aliphatic carbocycles. The third kappa shape index (κ3) is 4.43. The van der Waals surface area contributed by atoms with E-state index in [1.807, 2.05) is 31.2 Å². The number of benzene rings is 2. The summed E-state index contributed by atoms with van der Waals surface area (Å²) < 4.78 is 0. The highest BCUT2D eigenvalue weighted by molar-refractivity contribution is 7.99. The Kier molecular flexibility index (Phi) is 5.18. The van der Waals surface area contributed by atoms with E-state index in [9.17, 15) is 14.9 Å². The number of carboxylic acid groups (broad SMARTS) is 1. The molecule has 2 rings (SSSR count). The molecule has 0 saturated carbocycles. The number of aryl methyl sites for hydroxylation is 1. The highest BCUT2D eigenvalue weighted by Gasteiger charge is 2.15. The van der Waals surface area contributed by atoms with Gasteiger partial charge >= 0.3 is 5.97 Å². The van der Waals surface area contributed by atoms with Crippen molar-refractivity contribution in [2.45, 2.75) is 23.6 Å². The summed E-state index contributed by atoms with van der Waals surface area (Å²) >= 11 is 1.31. The van der Waals surface area contributed by atoms with Crippen LogP contribution in [0.1, 0.15) is 18.1 Å². The molecule has 23 heavy (non-hydrogen) atoms. The molecule has 0 heterocycles. The standard InChI is InChI=1S/C17H15NO4S/c1-11-3-6-14(7-4-11)23-16-8-5-13(9-12(2)17(19)20)10-15(16)18(21)22/h3-10H,1-2H3,(H,19,20)/b12-9+. The normalized spacial score (nSPS) is 11.3. The SMILES string of the molecule is C/C(=C\c1ccc(Sc2ccc(C)cc2)c([N+](=O)[O-])c1)C(=O)O. The number of carbonyl (C=O) groups is 1. The smallest absolute Gasteiger partial charge is 0.331 e. The number of hydrogen-bond donors (Lipinski definition) is 1. The predicted octanol–water partition coefficient (Wildman–Crippen LogP) is 4.54. The molecule has 0 aliphatic rings. The molecule has 2 aromatic rings. The Morgan fingerprint density at radius 2 is 1.87 bits per heavy atom. The Morgan fingerprint density at radius 1 is 1.22 bits per heavy atom. The van der Waals surface area contributed by atoms with Crippen LogP contribution in [0.4, 0.5) is 5.69 Å². The Labute approximate surface area is 137 Å². The zero-order valence-electron chi connectivity index (χ0n) is 12.6. The second-order valence-corrected chi connectivity index (χ2v) is 6.15. The molecule has 2 aromatic carbocycles. The molecule has 0 saturated heterocycles. The van der Waals surface area contributed by atoms with E-state index in [-0.39, 0.29) is 11.3 Å². The average molecular weight is 329 g/mol. The van der Waals surface area contributed by atoms with Crippen molar-refractivity contribution in [3.63, 3.8) is 0 Å². The van der Waals surface area contributed by atoms with Crippen LogP contribution in [-0.4, -0.2) is 16.0 Å². The lowest BCUT2D eigenvalue weighted by molar-refractivity contribution is -0.387. The van der Waals surface area contributed by atoms with Gasteiger partial charge in [-0.25, -0.2) is 4.79 Å². The summed E-state index contributed by atoms with van der Waals surface area (Å²) in [7, 11) is 0. The maximum atomic E-state index is 11.3. The van der Waals surface area contributed by atoms with Crippen LogP contribution in [0, 0.1) is 17.0 Å². The highest BCUT2D eigenvalue weighted by Crippen LogP contribution is 2.35. The van der Waals surface area contributed by atoms with Crippen molar-refractivity contribution in [1.29, 1.82) is 0 Å². The van der Waals surface area contributed by atoms with Crippen LogP contribution in [0.3, 0.4) is 0 Å². The van der Waals surface area contributed by atoms with Crippen LogP contribution < -0.4 is 0 Å². The summed E-state index contributed by atoms with van der Waals surface area (Å²) in [6.07, 6.45) is 1.41. The number of nitro groups is 1. The molecular formula is C17H15NO4S. The fourth-order valence-electron chi connectivity index (χ4n) is 1.90. The van der Waals surface area contributed by atoms with E-state index in [4.69, 9.17) is 5.11 Å². The number of hydrogen-bond acceptors (Lipinski definition) is 4. The second-order valence-electron chi connectivity index (χ2n) is 5.03. The van der Waals surface area contributed by atoms with Crippen LogP contribution >= 0.6 is 11.8 Å². The van der Waals surface area contributed by atoms with Gasteiger partial charge < -0.3 is 5.11 Å². The summed E-state index contributed by atoms with van der Waals surface area (Å²) in [5.41, 5.74) is 1.69. The first-order valence-electron chi connectivity index (χ1n) is 6.81. The number of nitro benzene ring substituents is 1. The summed E-state index contributed by atoms with van der Waals surface area (Å²) in [4.78, 5) is 23.1. The van der Waals surface area contributed by atoms with Gasteiger partial charge in [0.2, 0.25) is 0 Å². The van der Waals surface area contributed by atoms with Gasteiger partial charge in [-0.2, -0.15) is 0 Å². The maximum absolute atomic E-state index is 11.3. The van der Waals surface area contributed by atoms with E-state index in [0.717, 1.165) is 10.5 Å². The lowest BCUT2D eigenvalue weighted by Crippen LogP contribution is -1.96. The van der Waals surface area contributed by atoms with Gasteiger partial charge in [0.05, 0.1) is 9.82 Å². The Hall–Kier alpha value is -2.60. The minimum Gasteiger partial charge on any atom is -0.478 e. The van der Waals surface area contributed by atoms with Gasteiger partial charge in [-0.3, -0.25) is 10.1 Å². The number of nitrogens with zero attached hydrogens (tertiary/aromatic N) is 1. The van der Waals surface area contributed by atoms with Gasteiger partial charge in [-0.1, -0.05) is 35.5 Å². The summed E-state index contributed by atoms with van der Waals surface area (Å²) in [5, 5.41) is 20.2. The van der Waals surface area contributed by atoms with Crippen LogP contribution in [0.15, 0.2) is 57.8 Å². The lowest BCUT2D eigenvalue weighted by Gasteiger charge is -2.05. The number of rotatable bonds is 5. The van der Waals surface area contributed by atoms with E-state index in [0.29, 0.717) is 10.5 Å². The molecule has 0 atom stereocenters. The van der Waals surface area contributed by atoms with Gasteiger partial charge in [0, 0.05) is 16.5 Å². The quantitative estimate of drug-likeness (QED) is 0.495. The molecule has 5 nitrogen and oxygen atoms in total. The molecule has 0 unspecified atom stereocenters. The zero-order chi connectivity index (χ0) is 17.0. The van der Waals surface area contributed by atoms with Crippen LogP contribution in [-0.2, 0) is 4.79 Å². The molecule has 0 aromatic heterocycles. The molecule has 0 amide bonds. The van der Waals surface area contributed by atoms with E-state index in [1.54, 1.807) is 12.1 Å². The molecule has 0 fully saturated rings. The number of carboxylic acids is 1. The largest absolute Gasteiger partial charge is 0.478 e. The molecule has 0 aliphatic heterocycles. The molecule has 118 valence electrons. The van der Waals surface area contributed by atoms with Crippen molar-refractivity contribution in [2.24, 2.45) is 0 Å². The van der Waals surface area contributed by atoms with E-state index in [1.165, 1.54) is 30.8 Å². The third-order valence-electron chi connectivity index (χ3n) is 3.15. The van der Waals surface area contributed by atoms with E-state index in [2.05, 4.69) is 0 Å². The monoisotopic (exact) mass is 329 g/mol. The maximum Gasteiger partial charge on any atom is 0.331 e. The summed E-state index contributed by atoms with van der Waals surface area (Å²) in [5.74, 6) is -1.05.